The number of hydrogen-bond donors (Lipinski definition) is 2. The van der Waals surface area contributed by atoms with Crippen molar-refractivity contribution in [2.75, 3.05) is 6.61 Å². The molecule has 0 radical (unpaired) electrons. The van der Waals surface area contributed by atoms with Gasteiger partial charge in [-0.1, -0.05) is 13.8 Å². The Hall–Kier alpha value is -2.46. The first-order valence-electron chi connectivity index (χ1n) is 8.25. The van der Waals surface area contributed by atoms with E-state index in [1.165, 1.54) is 13.1 Å². The average molecular weight is 370 g/mol. The quantitative estimate of drug-likeness (QED) is 0.637. The molecule has 1 aliphatic heterocycles. The van der Waals surface area contributed by atoms with E-state index in [4.69, 9.17) is 14.2 Å². The molecule has 2 heterocycles. The van der Waals surface area contributed by atoms with E-state index in [0.29, 0.717) is 0 Å². The number of aromatic amines is 1. The molecule has 1 aromatic heterocycles. The van der Waals surface area contributed by atoms with Gasteiger partial charge in [0, 0.05) is 25.1 Å². The molecule has 1 saturated heterocycles. The Morgan fingerprint density at radius 1 is 1.31 bits per heavy atom. The summed E-state index contributed by atoms with van der Waals surface area (Å²) in [5.41, 5.74) is -2.99. The number of nitrogens with one attached hydrogen (secondary N) is 1. The summed E-state index contributed by atoms with van der Waals surface area (Å²) in [5.74, 6) is -1.18. The number of aliphatic hydroxyl groups is 1. The molecule has 0 unspecified atom stereocenters. The van der Waals surface area contributed by atoms with Crippen LogP contribution < -0.4 is 11.2 Å². The third-order valence-electron chi connectivity index (χ3n) is 4.15. The van der Waals surface area contributed by atoms with Gasteiger partial charge in [-0.25, -0.2) is 4.79 Å². The first-order chi connectivity index (χ1) is 12.3. The van der Waals surface area contributed by atoms with Crippen LogP contribution in [0.4, 0.5) is 0 Å². The van der Waals surface area contributed by atoms with Crippen LogP contribution in [0.25, 0.3) is 0 Å². The van der Waals surface area contributed by atoms with Crippen LogP contribution in [0, 0.1) is 0 Å². The number of carbonyl (C=O) groups is 2. The molecule has 4 atom stereocenters. The molecule has 26 heavy (non-hydrogen) atoms. The molecule has 144 valence electrons. The van der Waals surface area contributed by atoms with Crippen LogP contribution in [0.2, 0.25) is 0 Å². The average Bonchev–Trinajstić information content (AvgIpc) is 2.86. The normalized spacial score (nSPS) is 27.9. The largest absolute Gasteiger partial charge is 0.455 e. The smallest absolute Gasteiger partial charge is 0.330 e. The van der Waals surface area contributed by atoms with Gasteiger partial charge in [-0.15, -0.1) is 0 Å². The number of H-pyrrole nitrogens is 1. The summed E-state index contributed by atoms with van der Waals surface area (Å²) in [7, 11) is 0. The van der Waals surface area contributed by atoms with Crippen LogP contribution in [-0.4, -0.2) is 51.0 Å². The lowest BCUT2D eigenvalue weighted by Gasteiger charge is -2.34. The van der Waals surface area contributed by atoms with Gasteiger partial charge in [0.25, 0.3) is 5.56 Å². The Bertz CT molecular complexity index is 785. The fourth-order valence-electron chi connectivity index (χ4n) is 2.82. The van der Waals surface area contributed by atoms with Gasteiger partial charge in [0.05, 0.1) is 6.61 Å². The zero-order valence-electron chi connectivity index (χ0n) is 14.8. The van der Waals surface area contributed by atoms with E-state index in [0.717, 1.165) is 10.6 Å². The fourth-order valence-corrected chi connectivity index (χ4v) is 2.82. The number of aliphatic hydroxyl groups excluding tert-OH is 1. The molecular weight excluding hydrogens is 348 g/mol. The Labute approximate surface area is 148 Å². The van der Waals surface area contributed by atoms with E-state index in [2.05, 4.69) is 4.98 Å². The van der Waals surface area contributed by atoms with E-state index < -0.39 is 53.8 Å². The van der Waals surface area contributed by atoms with Crippen LogP contribution in [0.1, 0.15) is 39.8 Å². The van der Waals surface area contributed by atoms with Crippen molar-refractivity contribution in [3.8, 4) is 0 Å². The van der Waals surface area contributed by atoms with E-state index in [9.17, 15) is 24.3 Å². The number of nitrogens with zero attached hydrogens (tertiary/aromatic N) is 1. The molecule has 0 spiro atoms. The number of hydrogen-bond acceptors (Lipinski definition) is 8. The highest BCUT2D eigenvalue weighted by molar-refractivity contribution is 5.70. The van der Waals surface area contributed by atoms with Gasteiger partial charge < -0.3 is 19.3 Å². The molecule has 2 rings (SSSR count). The molecule has 0 aliphatic carbocycles. The zero-order valence-corrected chi connectivity index (χ0v) is 14.8. The lowest BCUT2D eigenvalue weighted by molar-refractivity contribution is -0.187. The van der Waals surface area contributed by atoms with Crippen LogP contribution in [0.15, 0.2) is 21.9 Å². The van der Waals surface area contributed by atoms with E-state index >= 15 is 0 Å². The van der Waals surface area contributed by atoms with Gasteiger partial charge in [0.2, 0.25) is 0 Å². The highest BCUT2D eigenvalue weighted by atomic mass is 16.7. The summed E-state index contributed by atoms with van der Waals surface area (Å²) >= 11 is 0. The summed E-state index contributed by atoms with van der Waals surface area (Å²) in [6.45, 7) is 4.09. The minimum atomic E-state index is -1.59. The van der Waals surface area contributed by atoms with Crippen molar-refractivity contribution in [2.45, 2.75) is 57.6 Å². The Morgan fingerprint density at radius 2 is 1.96 bits per heavy atom. The summed E-state index contributed by atoms with van der Waals surface area (Å²) in [6.07, 6.45) is -2.09. The van der Waals surface area contributed by atoms with Gasteiger partial charge in [-0.2, -0.15) is 0 Å². The molecule has 1 aromatic rings. The SMILES string of the molecule is CCC(=O)O[C@@H]1[C@@H](CO)O[C@@H](n2ccc(=O)[nH]c2=O)[C@]1(C)OC(=O)CC. The first kappa shape index (κ1) is 19.9. The standard InChI is InChI=1S/C16H22N2O8/c1-4-11(21)25-13-9(8-19)24-14(16(13,3)26-12(22)5-2)18-7-6-10(20)17-15(18)23/h6-7,9,13-14,19H,4-5,8H2,1-3H3,(H,17,20,23)/t9-,13-,14-,16-/m1/s1. The lowest BCUT2D eigenvalue weighted by Crippen LogP contribution is -2.51. The second-order valence-corrected chi connectivity index (χ2v) is 6.00. The summed E-state index contributed by atoms with van der Waals surface area (Å²) < 4.78 is 17.5. The van der Waals surface area contributed by atoms with Crippen molar-refractivity contribution in [1.29, 1.82) is 0 Å². The highest BCUT2D eigenvalue weighted by Gasteiger charge is 2.59. The predicted molar refractivity (Wildman–Crippen MR) is 87.3 cm³/mol. The Balaban J connectivity index is 2.54. The minimum absolute atomic E-state index is 0.0427. The van der Waals surface area contributed by atoms with Gasteiger partial charge in [0.15, 0.2) is 17.9 Å². The number of esters is 2. The van der Waals surface area contributed by atoms with Gasteiger partial charge in [-0.3, -0.25) is 23.9 Å². The van der Waals surface area contributed by atoms with Gasteiger partial charge >= 0.3 is 17.6 Å². The third-order valence-corrected chi connectivity index (χ3v) is 4.15. The van der Waals surface area contributed by atoms with Crippen molar-refractivity contribution in [1.82, 2.24) is 9.55 Å². The molecule has 1 aliphatic rings. The molecular formula is C16H22N2O8. The second-order valence-electron chi connectivity index (χ2n) is 6.00. The molecule has 1 fully saturated rings. The van der Waals surface area contributed by atoms with E-state index in [-0.39, 0.29) is 12.8 Å². The molecule has 0 bridgehead atoms. The van der Waals surface area contributed by atoms with Crippen LogP contribution >= 0.6 is 0 Å². The first-order valence-corrected chi connectivity index (χ1v) is 8.25. The van der Waals surface area contributed by atoms with Crippen LogP contribution in [0.5, 0.6) is 0 Å². The Morgan fingerprint density at radius 3 is 2.50 bits per heavy atom. The van der Waals surface area contributed by atoms with Crippen LogP contribution in [-0.2, 0) is 23.8 Å². The Kier molecular flexibility index (Phi) is 5.98. The molecule has 0 saturated carbocycles. The number of carbonyl (C=O) groups excluding carboxylic acids is 2. The number of aromatic nitrogens is 2. The minimum Gasteiger partial charge on any atom is -0.455 e. The maximum absolute atomic E-state index is 12.2. The predicted octanol–water partition coefficient (Wildman–Crippen LogP) is -0.540. The molecule has 10 nitrogen and oxygen atoms in total. The monoisotopic (exact) mass is 370 g/mol. The van der Waals surface area contributed by atoms with Gasteiger partial charge in [-0.05, 0) is 6.92 Å². The van der Waals surface area contributed by atoms with Crippen molar-refractivity contribution in [3.63, 3.8) is 0 Å². The molecule has 0 aromatic carbocycles. The lowest BCUT2D eigenvalue weighted by atomic mass is 9.95. The summed E-state index contributed by atoms with van der Waals surface area (Å²) in [4.78, 5) is 49.3. The van der Waals surface area contributed by atoms with Crippen molar-refractivity contribution in [2.24, 2.45) is 0 Å². The van der Waals surface area contributed by atoms with Gasteiger partial charge in [0.1, 0.15) is 6.10 Å². The maximum atomic E-state index is 12.2. The third kappa shape index (κ3) is 3.70. The van der Waals surface area contributed by atoms with E-state index in [1.54, 1.807) is 13.8 Å². The molecule has 10 heteroatoms. The fraction of sp³-hybridized carbons (Fsp3) is 0.625. The van der Waals surface area contributed by atoms with Crippen molar-refractivity contribution in [3.05, 3.63) is 33.1 Å². The molecule has 0 amide bonds. The molecule has 2 N–H and O–H groups in total. The van der Waals surface area contributed by atoms with Crippen molar-refractivity contribution < 1.29 is 28.9 Å². The zero-order chi connectivity index (χ0) is 19.5. The summed E-state index contributed by atoms with van der Waals surface area (Å²) in [5, 5.41) is 9.62. The highest BCUT2D eigenvalue weighted by Crippen LogP contribution is 2.42. The maximum Gasteiger partial charge on any atom is 0.330 e. The van der Waals surface area contributed by atoms with E-state index in [1.807, 2.05) is 0 Å². The second kappa shape index (κ2) is 7.83. The number of ether oxygens (including phenoxy) is 3. The topological polar surface area (TPSA) is 137 Å². The van der Waals surface area contributed by atoms with Crippen molar-refractivity contribution >= 4 is 11.9 Å². The van der Waals surface area contributed by atoms with Crippen LogP contribution in [0.3, 0.4) is 0 Å². The summed E-state index contributed by atoms with van der Waals surface area (Å²) in [6, 6.07) is 1.10. The number of rotatable bonds is 6.